The Balaban J connectivity index is 1.50. The highest BCUT2D eigenvalue weighted by atomic mass is 16.5. The molecule has 0 radical (unpaired) electrons. The van der Waals surface area contributed by atoms with Crippen LogP contribution < -0.4 is 15.2 Å². The molecule has 1 saturated heterocycles. The standard InChI is InChI=1S/C27H26N4O4/c1-4-25(32)29-15-13-20(17-29)31-22-12-14-28-16-23(22)30(27(31)33)19-8-10-21(11-9-19)35-24-7-5-6-18(2)26(24)34-3/h4-12,14,16,20H,1,13,15,17H2,2-3H3/t20-/m1/s1. The van der Waals surface area contributed by atoms with Gasteiger partial charge in [-0.05, 0) is 61.4 Å². The zero-order chi connectivity index (χ0) is 24.5. The van der Waals surface area contributed by atoms with Crippen molar-refractivity contribution in [1.82, 2.24) is 19.0 Å². The highest BCUT2D eigenvalue weighted by molar-refractivity contribution is 5.87. The number of hydrogen-bond donors (Lipinski definition) is 0. The van der Waals surface area contributed by atoms with Gasteiger partial charge in [-0.2, -0.15) is 0 Å². The van der Waals surface area contributed by atoms with Crippen LogP contribution in [0.15, 0.2) is 78.4 Å². The Morgan fingerprint density at radius 2 is 1.94 bits per heavy atom. The Morgan fingerprint density at radius 3 is 2.69 bits per heavy atom. The molecule has 8 nitrogen and oxygen atoms in total. The van der Waals surface area contributed by atoms with Crippen LogP contribution in [0.4, 0.5) is 0 Å². The lowest BCUT2D eigenvalue weighted by Gasteiger charge is -2.15. The molecule has 0 saturated carbocycles. The van der Waals surface area contributed by atoms with E-state index in [1.165, 1.54) is 6.08 Å². The predicted octanol–water partition coefficient (Wildman–Crippen LogP) is 4.26. The van der Waals surface area contributed by atoms with Crippen molar-refractivity contribution in [3.63, 3.8) is 0 Å². The number of likely N-dealkylation sites (tertiary alicyclic amines) is 1. The summed E-state index contributed by atoms with van der Waals surface area (Å²) in [5.74, 6) is 1.81. The average molecular weight is 471 g/mol. The minimum absolute atomic E-state index is 0.117. The Hall–Kier alpha value is -4.33. The second kappa shape index (κ2) is 9.13. The molecule has 0 N–H and O–H groups in total. The second-order valence-electron chi connectivity index (χ2n) is 8.49. The summed E-state index contributed by atoms with van der Waals surface area (Å²) in [6, 6.07) is 14.8. The minimum atomic E-state index is -0.167. The Kier molecular flexibility index (Phi) is 5.86. The fraction of sp³-hybridized carbons (Fsp3) is 0.222. The summed E-state index contributed by atoms with van der Waals surface area (Å²) < 4.78 is 14.9. The molecule has 0 unspecified atom stereocenters. The van der Waals surface area contributed by atoms with E-state index in [4.69, 9.17) is 9.47 Å². The Morgan fingerprint density at radius 1 is 1.14 bits per heavy atom. The summed E-state index contributed by atoms with van der Waals surface area (Å²) in [5.41, 5.74) is 3.01. The van der Waals surface area contributed by atoms with E-state index in [1.54, 1.807) is 33.5 Å². The number of carbonyl (C=O) groups is 1. The number of methoxy groups -OCH3 is 1. The van der Waals surface area contributed by atoms with Crippen LogP contribution in [0.3, 0.4) is 0 Å². The topological polar surface area (TPSA) is 78.6 Å². The third kappa shape index (κ3) is 3.97. The van der Waals surface area contributed by atoms with Gasteiger partial charge in [0.1, 0.15) is 5.75 Å². The van der Waals surface area contributed by atoms with E-state index < -0.39 is 0 Å². The van der Waals surface area contributed by atoms with Crippen LogP contribution in [-0.4, -0.2) is 45.1 Å². The summed E-state index contributed by atoms with van der Waals surface area (Å²) in [7, 11) is 1.62. The lowest BCUT2D eigenvalue weighted by molar-refractivity contribution is -0.125. The average Bonchev–Trinajstić information content (AvgIpc) is 3.46. The number of rotatable bonds is 6. The quantitative estimate of drug-likeness (QED) is 0.394. The minimum Gasteiger partial charge on any atom is -0.493 e. The zero-order valence-electron chi connectivity index (χ0n) is 19.7. The maximum Gasteiger partial charge on any atom is 0.334 e. The van der Waals surface area contributed by atoms with E-state index in [-0.39, 0.29) is 17.6 Å². The summed E-state index contributed by atoms with van der Waals surface area (Å²) >= 11 is 0. The van der Waals surface area contributed by atoms with Crippen LogP contribution >= 0.6 is 0 Å². The van der Waals surface area contributed by atoms with E-state index in [0.717, 1.165) is 11.1 Å². The van der Waals surface area contributed by atoms with E-state index in [2.05, 4.69) is 11.6 Å². The number of benzene rings is 2. The molecule has 5 rings (SSSR count). The van der Waals surface area contributed by atoms with Crippen LogP contribution in [0.5, 0.6) is 17.2 Å². The van der Waals surface area contributed by atoms with Crippen molar-refractivity contribution in [2.75, 3.05) is 20.2 Å². The van der Waals surface area contributed by atoms with Gasteiger partial charge in [-0.3, -0.25) is 18.9 Å². The number of para-hydroxylation sites is 1. The monoisotopic (exact) mass is 470 g/mol. The van der Waals surface area contributed by atoms with Gasteiger partial charge in [0.2, 0.25) is 5.91 Å². The first-order valence-corrected chi connectivity index (χ1v) is 11.4. The van der Waals surface area contributed by atoms with Crippen molar-refractivity contribution in [3.05, 3.63) is 89.6 Å². The fourth-order valence-corrected chi connectivity index (χ4v) is 4.71. The molecule has 1 aliphatic heterocycles. The van der Waals surface area contributed by atoms with Crippen molar-refractivity contribution in [2.24, 2.45) is 0 Å². The molecule has 2 aromatic carbocycles. The van der Waals surface area contributed by atoms with Gasteiger partial charge in [0.05, 0.1) is 36.1 Å². The first-order valence-electron chi connectivity index (χ1n) is 11.4. The molecule has 1 amide bonds. The lowest BCUT2D eigenvalue weighted by atomic mass is 10.2. The van der Waals surface area contributed by atoms with Crippen LogP contribution in [-0.2, 0) is 4.79 Å². The fourth-order valence-electron chi connectivity index (χ4n) is 4.71. The highest BCUT2D eigenvalue weighted by Gasteiger charge is 2.30. The number of nitrogens with zero attached hydrogens (tertiary/aromatic N) is 4. The van der Waals surface area contributed by atoms with Gasteiger partial charge in [-0.25, -0.2) is 4.79 Å². The van der Waals surface area contributed by atoms with Gasteiger partial charge in [-0.15, -0.1) is 0 Å². The van der Waals surface area contributed by atoms with Gasteiger partial charge < -0.3 is 14.4 Å². The molecule has 1 fully saturated rings. The predicted molar refractivity (Wildman–Crippen MR) is 134 cm³/mol. The Labute approximate surface area is 202 Å². The number of amides is 1. The Bertz CT molecular complexity index is 1470. The summed E-state index contributed by atoms with van der Waals surface area (Å²) in [5, 5.41) is 0. The van der Waals surface area contributed by atoms with Crippen molar-refractivity contribution in [3.8, 4) is 22.9 Å². The largest absolute Gasteiger partial charge is 0.493 e. The molecule has 4 aromatic rings. The number of aryl methyl sites for hydroxylation is 1. The van der Waals surface area contributed by atoms with Crippen molar-refractivity contribution in [1.29, 1.82) is 0 Å². The highest BCUT2D eigenvalue weighted by Crippen LogP contribution is 2.34. The van der Waals surface area contributed by atoms with E-state index in [1.807, 2.05) is 55.5 Å². The first kappa shape index (κ1) is 22.5. The zero-order valence-corrected chi connectivity index (χ0v) is 19.7. The van der Waals surface area contributed by atoms with Crippen LogP contribution in [0.2, 0.25) is 0 Å². The van der Waals surface area contributed by atoms with E-state index in [0.29, 0.717) is 48.0 Å². The van der Waals surface area contributed by atoms with Gasteiger partial charge >= 0.3 is 5.69 Å². The van der Waals surface area contributed by atoms with Crippen LogP contribution in [0.1, 0.15) is 18.0 Å². The molecular formula is C27H26N4O4. The summed E-state index contributed by atoms with van der Waals surface area (Å²) in [6.45, 7) is 6.59. The molecule has 35 heavy (non-hydrogen) atoms. The van der Waals surface area contributed by atoms with Gasteiger partial charge in [0.25, 0.3) is 0 Å². The van der Waals surface area contributed by atoms with Crippen LogP contribution in [0, 0.1) is 6.92 Å². The molecule has 0 spiro atoms. The molecule has 0 bridgehead atoms. The number of pyridine rings is 1. The lowest BCUT2D eigenvalue weighted by Crippen LogP contribution is -2.31. The second-order valence-corrected chi connectivity index (χ2v) is 8.49. The number of ether oxygens (including phenoxy) is 2. The molecular weight excluding hydrogens is 444 g/mol. The molecule has 178 valence electrons. The first-order chi connectivity index (χ1) is 17.0. The third-order valence-corrected chi connectivity index (χ3v) is 6.39. The molecule has 2 aromatic heterocycles. The van der Waals surface area contributed by atoms with Gasteiger partial charge in [0.15, 0.2) is 11.5 Å². The molecule has 1 atom stereocenters. The third-order valence-electron chi connectivity index (χ3n) is 6.39. The number of aromatic nitrogens is 3. The van der Waals surface area contributed by atoms with Gasteiger partial charge in [0, 0.05) is 19.3 Å². The number of carbonyl (C=O) groups excluding carboxylic acids is 1. The van der Waals surface area contributed by atoms with Crippen molar-refractivity contribution < 1.29 is 14.3 Å². The summed E-state index contributed by atoms with van der Waals surface area (Å²) in [4.78, 5) is 31.7. The maximum atomic E-state index is 13.6. The van der Waals surface area contributed by atoms with Crippen molar-refractivity contribution >= 4 is 16.9 Å². The molecule has 1 aliphatic rings. The number of fused-ring (bicyclic) bond motifs is 1. The normalized spacial score (nSPS) is 15.4. The van der Waals surface area contributed by atoms with E-state index in [9.17, 15) is 9.59 Å². The maximum absolute atomic E-state index is 13.6. The molecule has 3 heterocycles. The smallest absolute Gasteiger partial charge is 0.334 e. The molecule has 8 heteroatoms. The number of hydrogen-bond acceptors (Lipinski definition) is 5. The van der Waals surface area contributed by atoms with Crippen molar-refractivity contribution in [2.45, 2.75) is 19.4 Å². The van der Waals surface area contributed by atoms with Crippen LogP contribution in [0.25, 0.3) is 16.7 Å². The van der Waals surface area contributed by atoms with E-state index >= 15 is 0 Å². The number of imidazole rings is 1. The van der Waals surface area contributed by atoms with Gasteiger partial charge in [-0.1, -0.05) is 18.7 Å². The SMILES string of the molecule is C=CC(=O)N1CC[C@@H](n2c(=O)n(-c3ccc(Oc4cccc(C)c4OC)cc3)c3cnccc32)C1. The molecule has 0 aliphatic carbocycles. The summed E-state index contributed by atoms with van der Waals surface area (Å²) in [6.07, 6.45) is 5.38.